The van der Waals surface area contributed by atoms with Crippen molar-refractivity contribution in [3.63, 3.8) is 0 Å². The molecule has 0 spiro atoms. The van der Waals surface area contributed by atoms with Gasteiger partial charge in [0.15, 0.2) is 0 Å². The number of nitrogens with two attached hydrogens (primary N) is 1. The van der Waals surface area contributed by atoms with Gasteiger partial charge in [-0.2, -0.15) is 13.2 Å². The third-order valence-electron chi connectivity index (χ3n) is 2.25. The van der Waals surface area contributed by atoms with E-state index in [0.717, 1.165) is 12.1 Å². The molecule has 0 heterocycles. The summed E-state index contributed by atoms with van der Waals surface area (Å²) < 4.78 is 37.9. The lowest BCUT2D eigenvalue weighted by Crippen LogP contribution is -2.24. The second-order valence-electron chi connectivity index (χ2n) is 3.40. The molecule has 0 aromatic heterocycles. The Balaban J connectivity index is 3.37. The molecule has 0 aliphatic rings. The number of aromatic hydroxyl groups is 1. The van der Waals surface area contributed by atoms with E-state index in [1.165, 1.54) is 0 Å². The molecule has 0 bridgehead atoms. The molecule has 0 saturated carbocycles. The van der Waals surface area contributed by atoms with Crippen LogP contribution < -0.4 is 5.73 Å². The molecule has 4 N–H and O–H groups in total. The summed E-state index contributed by atoms with van der Waals surface area (Å²) in [6.07, 6.45) is -4.74. The highest BCUT2D eigenvalue weighted by Gasteiger charge is 2.37. The highest BCUT2D eigenvalue weighted by Crippen LogP contribution is 2.37. The van der Waals surface area contributed by atoms with Crippen LogP contribution in [0.2, 0.25) is 0 Å². The van der Waals surface area contributed by atoms with Crippen molar-refractivity contribution in [3.8, 4) is 5.75 Å². The van der Waals surface area contributed by atoms with Crippen molar-refractivity contribution >= 4 is 5.97 Å². The highest BCUT2D eigenvalue weighted by molar-refractivity contribution is 5.77. The van der Waals surface area contributed by atoms with Crippen LogP contribution in [0.15, 0.2) is 18.2 Å². The number of alkyl halides is 3. The minimum absolute atomic E-state index is 0.453. The number of phenols is 1. The van der Waals surface area contributed by atoms with Gasteiger partial charge in [-0.1, -0.05) is 6.07 Å². The summed E-state index contributed by atoms with van der Waals surface area (Å²) in [6.45, 7) is -0.455. The molecule has 7 heteroatoms. The number of carbonyl (C=O) groups is 1. The summed E-state index contributed by atoms with van der Waals surface area (Å²) in [5.74, 6) is -3.47. The first-order chi connectivity index (χ1) is 7.77. The van der Waals surface area contributed by atoms with Gasteiger partial charge in [0.2, 0.25) is 0 Å². The van der Waals surface area contributed by atoms with E-state index >= 15 is 0 Å². The summed E-state index contributed by atoms with van der Waals surface area (Å²) in [5, 5.41) is 17.8. The summed E-state index contributed by atoms with van der Waals surface area (Å²) in [5.41, 5.74) is 3.51. The highest BCUT2D eigenvalue weighted by atomic mass is 19.4. The Kier molecular flexibility index (Phi) is 3.62. The Morgan fingerprint density at radius 1 is 1.41 bits per heavy atom. The van der Waals surface area contributed by atoms with Crippen LogP contribution in [0.1, 0.15) is 17.0 Å². The van der Waals surface area contributed by atoms with Crippen molar-refractivity contribution < 1.29 is 28.2 Å². The first kappa shape index (κ1) is 13.3. The van der Waals surface area contributed by atoms with Gasteiger partial charge in [0.1, 0.15) is 5.75 Å². The van der Waals surface area contributed by atoms with Crippen LogP contribution in [0.4, 0.5) is 13.2 Å². The van der Waals surface area contributed by atoms with E-state index in [-0.39, 0.29) is 0 Å². The number of carboxylic acids is 1. The third kappa shape index (κ3) is 2.88. The van der Waals surface area contributed by atoms with Crippen LogP contribution in [-0.2, 0) is 11.0 Å². The van der Waals surface area contributed by atoms with Gasteiger partial charge in [-0.3, -0.25) is 4.79 Å². The third-order valence-corrected chi connectivity index (χ3v) is 2.25. The molecule has 0 amide bonds. The predicted octanol–water partition coefficient (Wildman–Crippen LogP) is 1.54. The standard InChI is InChI=1S/C10H10F3NO3/c11-10(12,13)8-3-5(15)1-2-6(8)7(4-14)9(16)17/h1-3,7,15H,4,14H2,(H,16,17). The molecule has 1 aromatic rings. The van der Waals surface area contributed by atoms with E-state index in [1.807, 2.05) is 0 Å². The monoisotopic (exact) mass is 249 g/mol. The quantitative estimate of drug-likeness (QED) is 0.758. The van der Waals surface area contributed by atoms with Gasteiger partial charge in [0.05, 0.1) is 11.5 Å². The zero-order valence-electron chi connectivity index (χ0n) is 8.53. The van der Waals surface area contributed by atoms with E-state index in [1.54, 1.807) is 0 Å². The number of aliphatic carboxylic acids is 1. The molecule has 1 rings (SSSR count). The van der Waals surface area contributed by atoms with Gasteiger partial charge >= 0.3 is 12.1 Å². The number of phenolic OH excluding ortho intramolecular Hbond substituents is 1. The molecule has 0 saturated heterocycles. The fourth-order valence-electron chi connectivity index (χ4n) is 1.45. The topological polar surface area (TPSA) is 83.6 Å². The molecule has 0 aliphatic carbocycles. The SMILES string of the molecule is NCC(C(=O)O)c1ccc(O)cc1C(F)(F)F. The maximum absolute atomic E-state index is 12.6. The van der Waals surface area contributed by atoms with E-state index in [2.05, 4.69) is 0 Å². The predicted molar refractivity (Wildman–Crippen MR) is 52.5 cm³/mol. The number of rotatable bonds is 3. The second kappa shape index (κ2) is 4.62. The van der Waals surface area contributed by atoms with Gasteiger partial charge < -0.3 is 15.9 Å². The number of halogens is 3. The van der Waals surface area contributed by atoms with Crippen LogP contribution in [0.25, 0.3) is 0 Å². The molecule has 0 aliphatic heterocycles. The summed E-state index contributed by atoms with van der Waals surface area (Å²) in [4.78, 5) is 10.8. The lowest BCUT2D eigenvalue weighted by molar-refractivity contribution is -0.141. The number of carboxylic acid groups (broad SMARTS) is 1. The maximum Gasteiger partial charge on any atom is 0.416 e. The van der Waals surface area contributed by atoms with Crippen LogP contribution in [0.5, 0.6) is 5.75 Å². The van der Waals surface area contributed by atoms with Gasteiger partial charge in [-0.25, -0.2) is 0 Å². The van der Waals surface area contributed by atoms with E-state index in [4.69, 9.17) is 15.9 Å². The molecule has 17 heavy (non-hydrogen) atoms. The first-order valence-corrected chi connectivity index (χ1v) is 4.60. The molecular weight excluding hydrogens is 239 g/mol. The Hall–Kier alpha value is -1.76. The van der Waals surface area contributed by atoms with E-state index in [9.17, 15) is 18.0 Å². The normalized spacial score (nSPS) is 13.4. The minimum atomic E-state index is -4.74. The molecule has 0 fully saturated rings. The van der Waals surface area contributed by atoms with Gasteiger partial charge in [0, 0.05) is 6.54 Å². The zero-order valence-corrected chi connectivity index (χ0v) is 8.53. The van der Waals surface area contributed by atoms with Gasteiger partial charge in [0.25, 0.3) is 0 Å². The average molecular weight is 249 g/mol. The molecule has 94 valence electrons. The van der Waals surface area contributed by atoms with Gasteiger partial charge in [-0.05, 0) is 17.7 Å². The summed E-state index contributed by atoms with van der Waals surface area (Å²) in [6, 6.07) is 2.40. The Labute approximate surface area is 94.5 Å². The second-order valence-corrected chi connectivity index (χ2v) is 3.40. The molecule has 1 aromatic carbocycles. The Morgan fingerprint density at radius 3 is 2.41 bits per heavy atom. The van der Waals surface area contributed by atoms with Gasteiger partial charge in [-0.15, -0.1) is 0 Å². The van der Waals surface area contributed by atoms with Crippen molar-refractivity contribution in [2.45, 2.75) is 12.1 Å². The van der Waals surface area contributed by atoms with E-state index < -0.39 is 41.5 Å². The smallest absolute Gasteiger partial charge is 0.416 e. The molecule has 1 unspecified atom stereocenters. The molecule has 1 atom stereocenters. The number of hydrogen-bond donors (Lipinski definition) is 3. The van der Waals surface area contributed by atoms with Crippen molar-refractivity contribution in [2.24, 2.45) is 5.73 Å². The summed E-state index contributed by atoms with van der Waals surface area (Å²) >= 11 is 0. The van der Waals surface area contributed by atoms with E-state index in [0.29, 0.717) is 6.07 Å². The number of benzene rings is 1. The van der Waals surface area contributed by atoms with Crippen molar-refractivity contribution in [1.29, 1.82) is 0 Å². The lowest BCUT2D eigenvalue weighted by Gasteiger charge is -2.17. The molecule has 0 radical (unpaired) electrons. The largest absolute Gasteiger partial charge is 0.508 e. The zero-order chi connectivity index (χ0) is 13.2. The fraction of sp³-hybridized carbons (Fsp3) is 0.300. The summed E-state index contributed by atoms with van der Waals surface area (Å²) in [7, 11) is 0. The number of hydrogen-bond acceptors (Lipinski definition) is 3. The minimum Gasteiger partial charge on any atom is -0.508 e. The van der Waals surface area contributed by atoms with Crippen molar-refractivity contribution in [3.05, 3.63) is 29.3 Å². The average Bonchev–Trinajstić information content (AvgIpc) is 2.19. The van der Waals surface area contributed by atoms with Crippen LogP contribution >= 0.6 is 0 Å². The Morgan fingerprint density at radius 2 is 2.00 bits per heavy atom. The van der Waals surface area contributed by atoms with Crippen molar-refractivity contribution in [2.75, 3.05) is 6.54 Å². The first-order valence-electron chi connectivity index (χ1n) is 4.60. The lowest BCUT2D eigenvalue weighted by atomic mass is 9.93. The van der Waals surface area contributed by atoms with Crippen LogP contribution in [0, 0.1) is 0 Å². The van der Waals surface area contributed by atoms with Crippen LogP contribution in [-0.4, -0.2) is 22.7 Å². The molecular formula is C10H10F3NO3. The fourth-order valence-corrected chi connectivity index (χ4v) is 1.45. The maximum atomic E-state index is 12.6. The van der Waals surface area contributed by atoms with Crippen LogP contribution in [0.3, 0.4) is 0 Å². The van der Waals surface area contributed by atoms with Crippen molar-refractivity contribution in [1.82, 2.24) is 0 Å². The Bertz CT molecular complexity index is 431. The molecule has 4 nitrogen and oxygen atoms in total.